The summed E-state index contributed by atoms with van der Waals surface area (Å²) >= 11 is 5.88. The number of nitrogens with one attached hydrogen (secondary N) is 2. The number of H-pyrrole nitrogens is 1. The van der Waals surface area contributed by atoms with E-state index < -0.39 is 0 Å². The van der Waals surface area contributed by atoms with Crippen molar-refractivity contribution in [2.24, 2.45) is 5.10 Å². The Kier molecular flexibility index (Phi) is 4.49. The molecule has 114 valence electrons. The first kappa shape index (κ1) is 15.0. The van der Waals surface area contributed by atoms with E-state index in [0.29, 0.717) is 16.4 Å². The van der Waals surface area contributed by atoms with Gasteiger partial charge in [-0.15, -0.1) is 0 Å². The Bertz CT molecular complexity index is 843. The maximum Gasteiger partial charge on any atom is 0.289 e. The Labute approximate surface area is 138 Å². The van der Waals surface area contributed by atoms with Crippen molar-refractivity contribution >= 4 is 23.7 Å². The van der Waals surface area contributed by atoms with Gasteiger partial charge in [-0.1, -0.05) is 54.1 Å². The van der Waals surface area contributed by atoms with Crippen LogP contribution in [0.3, 0.4) is 0 Å². The molecule has 5 nitrogen and oxygen atoms in total. The predicted octanol–water partition coefficient (Wildman–Crippen LogP) is 3.49. The van der Waals surface area contributed by atoms with Gasteiger partial charge in [0, 0.05) is 10.6 Å². The van der Waals surface area contributed by atoms with E-state index in [2.05, 4.69) is 20.7 Å². The summed E-state index contributed by atoms with van der Waals surface area (Å²) in [4.78, 5) is 12.0. The van der Waals surface area contributed by atoms with E-state index in [9.17, 15) is 4.79 Å². The molecule has 3 aromatic rings. The van der Waals surface area contributed by atoms with Crippen LogP contribution in [0.4, 0.5) is 0 Å². The van der Waals surface area contributed by atoms with Gasteiger partial charge in [0.1, 0.15) is 5.69 Å². The average Bonchev–Trinajstić information content (AvgIpc) is 3.06. The van der Waals surface area contributed by atoms with Crippen LogP contribution < -0.4 is 5.43 Å². The summed E-state index contributed by atoms with van der Waals surface area (Å²) in [5.74, 6) is -0.363. The van der Waals surface area contributed by atoms with Crippen LogP contribution in [-0.2, 0) is 0 Å². The fourth-order valence-electron chi connectivity index (χ4n) is 2.01. The largest absolute Gasteiger partial charge is 0.289 e. The fraction of sp³-hybridized carbons (Fsp3) is 0. The van der Waals surface area contributed by atoms with Crippen LogP contribution in [0.15, 0.2) is 65.8 Å². The van der Waals surface area contributed by atoms with Crippen LogP contribution in [0.2, 0.25) is 5.02 Å². The third-order valence-electron chi connectivity index (χ3n) is 3.12. The first-order valence-corrected chi connectivity index (χ1v) is 7.30. The molecule has 0 radical (unpaired) electrons. The molecule has 0 aliphatic rings. The number of carbonyl (C=O) groups excluding carboxylic acids is 1. The van der Waals surface area contributed by atoms with E-state index in [0.717, 1.165) is 11.1 Å². The topological polar surface area (TPSA) is 70.1 Å². The van der Waals surface area contributed by atoms with Crippen LogP contribution in [0.5, 0.6) is 0 Å². The van der Waals surface area contributed by atoms with E-state index in [1.807, 2.05) is 42.5 Å². The molecule has 3 rings (SSSR count). The minimum atomic E-state index is -0.363. The van der Waals surface area contributed by atoms with Crippen molar-refractivity contribution in [1.82, 2.24) is 15.6 Å². The van der Waals surface area contributed by atoms with Gasteiger partial charge in [0.2, 0.25) is 0 Å². The van der Waals surface area contributed by atoms with Gasteiger partial charge in [-0.3, -0.25) is 9.89 Å². The monoisotopic (exact) mass is 324 g/mol. The molecule has 2 N–H and O–H groups in total. The zero-order valence-corrected chi connectivity index (χ0v) is 12.8. The normalized spacial score (nSPS) is 10.8. The molecule has 0 aliphatic carbocycles. The number of nitrogens with zero attached hydrogens (tertiary/aromatic N) is 2. The summed E-state index contributed by atoms with van der Waals surface area (Å²) in [7, 11) is 0. The van der Waals surface area contributed by atoms with Gasteiger partial charge >= 0.3 is 0 Å². The molecule has 0 saturated carbocycles. The lowest BCUT2D eigenvalue weighted by atomic mass is 10.1. The lowest BCUT2D eigenvalue weighted by Crippen LogP contribution is -2.17. The highest BCUT2D eigenvalue weighted by Crippen LogP contribution is 2.16. The molecule has 1 amide bonds. The third kappa shape index (κ3) is 3.84. The van der Waals surface area contributed by atoms with E-state index in [4.69, 9.17) is 11.6 Å². The lowest BCUT2D eigenvalue weighted by molar-refractivity contribution is 0.0950. The number of aromatic nitrogens is 2. The number of rotatable bonds is 4. The molecule has 0 spiro atoms. The third-order valence-corrected chi connectivity index (χ3v) is 3.36. The summed E-state index contributed by atoms with van der Waals surface area (Å²) < 4.78 is 0. The Hall–Kier alpha value is -2.92. The van der Waals surface area contributed by atoms with E-state index >= 15 is 0 Å². The first-order chi connectivity index (χ1) is 11.2. The highest BCUT2D eigenvalue weighted by molar-refractivity contribution is 6.30. The second-order valence-corrected chi connectivity index (χ2v) is 5.22. The molecule has 2 aromatic carbocycles. The van der Waals surface area contributed by atoms with Crippen LogP contribution in [0, 0.1) is 0 Å². The number of hydrazone groups is 1. The number of hydrogen-bond acceptors (Lipinski definition) is 3. The zero-order chi connectivity index (χ0) is 16.1. The number of benzene rings is 2. The molecule has 0 bridgehead atoms. The van der Waals surface area contributed by atoms with Crippen molar-refractivity contribution in [3.63, 3.8) is 0 Å². The van der Waals surface area contributed by atoms with Gasteiger partial charge in [-0.2, -0.15) is 10.2 Å². The Morgan fingerprint density at radius 3 is 2.74 bits per heavy atom. The van der Waals surface area contributed by atoms with Crippen molar-refractivity contribution < 1.29 is 4.79 Å². The van der Waals surface area contributed by atoms with Crippen LogP contribution in [0.1, 0.15) is 16.1 Å². The standard InChI is InChI=1S/C17H13ClN4O/c18-14-8-4-5-12(9-14)11-19-22-17(23)16-10-15(20-21-16)13-6-2-1-3-7-13/h1-11H,(H,20,21)(H,22,23)/b19-11+. The van der Waals surface area contributed by atoms with Crippen LogP contribution in [0.25, 0.3) is 11.3 Å². The van der Waals surface area contributed by atoms with Gasteiger partial charge in [0.15, 0.2) is 0 Å². The molecule has 0 atom stereocenters. The number of amides is 1. The number of aromatic amines is 1. The Morgan fingerprint density at radius 1 is 1.13 bits per heavy atom. The minimum absolute atomic E-state index is 0.340. The van der Waals surface area contributed by atoms with Crippen molar-refractivity contribution in [3.8, 4) is 11.3 Å². The summed E-state index contributed by atoms with van der Waals surface area (Å²) in [5, 5.41) is 11.4. The SMILES string of the molecule is O=C(N/N=C/c1cccc(Cl)c1)c1cc(-c2ccccc2)n[nH]1. The van der Waals surface area contributed by atoms with Gasteiger partial charge in [0.05, 0.1) is 11.9 Å². The quantitative estimate of drug-likeness (QED) is 0.569. The fourth-order valence-corrected chi connectivity index (χ4v) is 2.21. The molecule has 0 aliphatic heterocycles. The average molecular weight is 325 g/mol. The molecule has 6 heteroatoms. The second-order valence-electron chi connectivity index (χ2n) is 4.79. The predicted molar refractivity (Wildman–Crippen MR) is 90.5 cm³/mol. The molecular formula is C17H13ClN4O. The van der Waals surface area contributed by atoms with E-state index in [1.165, 1.54) is 6.21 Å². The molecule has 1 aromatic heterocycles. The summed E-state index contributed by atoms with van der Waals surface area (Å²) in [6.07, 6.45) is 1.53. The number of hydrogen-bond donors (Lipinski definition) is 2. The molecule has 23 heavy (non-hydrogen) atoms. The van der Waals surface area contributed by atoms with E-state index in [1.54, 1.807) is 18.2 Å². The van der Waals surface area contributed by atoms with Gasteiger partial charge in [0.25, 0.3) is 5.91 Å². The van der Waals surface area contributed by atoms with Crippen LogP contribution >= 0.6 is 11.6 Å². The highest BCUT2D eigenvalue weighted by Gasteiger charge is 2.09. The Balaban J connectivity index is 1.66. The second kappa shape index (κ2) is 6.89. The minimum Gasteiger partial charge on any atom is -0.272 e. The molecule has 0 saturated heterocycles. The van der Waals surface area contributed by atoms with Crippen molar-refractivity contribution in [2.75, 3.05) is 0 Å². The summed E-state index contributed by atoms with van der Waals surface area (Å²) in [6.45, 7) is 0. The number of halogens is 1. The summed E-state index contributed by atoms with van der Waals surface area (Å²) in [5.41, 5.74) is 5.22. The lowest BCUT2D eigenvalue weighted by Gasteiger charge is -1.96. The Morgan fingerprint density at radius 2 is 1.96 bits per heavy atom. The van der Waals surface area contributed by atoms with Crippen molar-refractivity contribution in [1.29, 1.82) is 0 Å². The van der Waals surface area contributed by atoms with E-state index in [-0.39, 0.29) is 5.91 Å². The number of carbonyl (C=O) groups is 1. The van der Waals surface area contributed by atoms with Gasteiger partial charge < -0.3 is 0 Å². The smallest absolute Gasteiger partial charge is 0.272 e. The van der Waals surface area contributed by atoms with Crippen molar-refractivity contribution in [2.45, 2.75) is 0 Å². The van der Waals surface area contributed by atoms with Gasteiger partial charge in [-0.05, 0) is 23.8 Å². The zero-order valence-electron chi connectivity index (χ0n) is 12.0. The molecule has 1 heterocycles. The molecule has 0 fully saturated rings. The van der Waals surface area contributed by atoms with Gasteiger partial charge in [-0.25, -0.2) is 5.43 Å². The molecular weight excluding hydrogens is 312 g/mol. The first-order valence-electron chi connectivity index (χ1n) is 6.92. The highest BCUT2D eigenvalue weighted by atomic mass is 35.5. The van der Waals surface area contributed by atoms with Crippen molar-refractivity contribution in [3.05, 3.63) is 76.9 Å². The maximum atomic E-state index is 12.0. The summed E-state index contributed by atoms with van der Waals surface area (Å²) in [6, 6.07) is 18.5. The maximum absolute atomic E-state index is 12.0. The molecule has 0 unspecified atom stereocenters. The van der Waals surface area contributed by atoms with Crippen LogP contribution in [-0.4, -0.2) is 22.3 Å².